The van der Waals surface area contributed by atoms with Gasteiger partial charge in [0.25, 0.3) is 5.91 Å². The summed E-state index contributed by atoms with van der Waals surface area (Å²) in [5.41, 5.74) is 1.57. The first-order valence-corrected chi connectivity index (χ1v) is 5.97. The van der Waals surface area contributed by atoms with E-state index in [0.29, 0.717) is 12.1 Å². The van der Waals surface area contributed by atoms with E-state index < -0.39 is 6.29 Å². The molecule has 0 aliphatic carbocycles. The molecule has 0 bridgehead atoms. The van der Waals surface area contributed by atoms with E-state index in [1.54, 1.807) is 6.07 Å². The van der Waals surface area contributed by atoms with Crippen LogP contribution >= 0.6 is 15.9 Å². The summed E-state index contributed by atoms with van der Waals surface area (Å²) in [7, 11) is 3.07. The molecule has 0 heterocycles. The van der Waals surface area contributed by atoms with E-state index in [4.69, 9.17) is 9.47 Å². The first kappa shape index (κ1) is 14.2. The highest BCUT2D eigenvalue weighted by molar-refractivity contribution is 9.10. The monoisotopic (exact) mass is 301 g/mol. The van der Waals surface area contributed by atoms with Gasteiger partial charge < -0.3 is 14.8 Å². The normalized spacial score (nSPS) is 10.6. The molecule has 0 saturated heterocycles. The molecule has 1 rings (SSSR count). The van der Waals surface area contributed by atoms with Crippen molar-refractivity contribution in [3.05, 3.63) is 33.8 Å². The van der Waals surface area contributed by atoms with Crippen molar-refractivity contribution in [3.8, 4) is 0 Å². The molecular weight excluding hydrogens is 286 g/mol. The van der Waals surface area contributed by atoms with Gasteiger partial charge in [-0.2, -0.15) is 0 Å². The Kier molecular flexibility index (Phi) is 5.61. The summed E-state index contributed by atoms with van der Waals surface area (Å²) in [6.07, 6.45) is -0.422. The van der Waals surface area contributed by atoms with Crippen LogP contribution < -0.4 is 5.32 Å². The molecule has 0 aromatic heterocycles. The average molecular weight is 302 g/mol. The highest BCUT2D eigenvalue weighted by Crippen LogP contribution is 2.15. The molecule has 0 fully saturated rings. The highest BCUT2D eigenvalue weighted by atomic mass is 79.9. The Hall–Kier alpha value is -0.910. The molecule has 94 valence electrons. The van der Waals surface area contributed by atoms with Gasteiger partial charge in [-0.05, 0) is 30.7 Å². The second kappa shape index (κ2) is 6.74. The van der Waals surface area contributed by atoms with E-state index in [-0.39, 0.29) is 5.91 Å². The Morgan fingerprint density at radius 3 is 2.59 bits per heavy atom. The van der Waals surface area contributed by atoms with Crippen molar-refractivity contribution in [2.45, 2.75) is 13.2 Å². The third-order valence-corrected chi connectivity index (χ3v) is 2.88. The predicted molar refractivity (Wildman–Crippen MR) is 69.0 cm³/mol. The van der Waals surface area contributed by atoms with Crippen LogP contribution in [-0.2, 0) is 9.47 Å². The van der Waals surface area contributed by atoms with E-state index in [9.17, 15) is 4.79 Å². The highest BCUT2D eigenvalue weighted by Gasteiger charge is 2.11. The fraction of sp³-hybridized carbons (Fsp3) is 0.417. The van der Waals surface area contributed by atoms with E-state index in [1.165, 1.54) is 14.2 Å². The summed E-state index contributed by atoms with van der Waals surface area (Å²) in [6, 6.07) is 5.52. The number of rotatable bonds is 5. The van der Waals surface area contributed by atoms with Crippen molar-refractivity contribution in [2.75, 3.05) is 20.8 Å². The Balaban J connectivity index is 2.64. The Morgan fingerprint density at radius 2 is 2.06 bits per heavy atom. The van der Waals surface area contributed by atoms with E-state index in [0.717, 1.165) is 10.0 Å². The minimum atomic E-state index is -0.422. The lowest BCUT2D eigenvalue weighted by Crippen LogP contribution is -2.34. The molecular formula is C12H16BrNO3. The topological polar surface area (TPSA) is 47.6 Å². The van der Waals surface area contributed by atoms with Gasteiger partial charge in [-0.25, -0.2) is 0 Å². The molecule has 0 aliphatic rings. The standard InChI is InChI=1S/C12H16BrNO3/c1-8-6-9(13)4-5-10(8)12(15)14-7-11(16-2)17-3/h4-6,11H,7H2,1-3H3,(H,14,15). The maximum absolute atomic E-state index is 11.9. The molecule has 1 N–H and O–H groups in total. The summed E-state index contributed by atoms with van der Waals surface area (Å²) in [5.74, 6) is -0.130. The summed E-state index contributed by atoms with van der Waals surface area (Å²) < 4.78 is 10.9. The molecule has 17 heavy (non-hydrogen) atoms. The van der Waals surface area contributed by atoms with Crippen LogP contribution in [0.15, 0.2) is 22.7 Å². The first-order valence-electron chi connectivity index (χ1n) is 5.18. The van der Waals surface area contributed by atoms with Crippen LogP contribution in [0.2, 0.25) is 0 Å². The van der Waals surface area contributed by atoms with Gasteiger partial charge >= 0.3 is 0 Å². The van der Waals surface area contributed by atoms with Crippen LogP contribution in [0.1, 0.15) is 15.9 Å². The van der Waals surface area contributed by atoms with Gasteiger partial charge in [0.2, 0.25) is 0 Å². The van der Waals surface area contributed by atoms with Crippen LogP contribution in [0.5, 0.6) is 0 Å². The number of amides is 1. The number of aryl methyl sites for hydroxylation is 1. The van der Waals surface area contributed by atoms with Gasteiger partial charge in [0.1, 0.15) is 0 Å². The molecule has 1 amide bonds. The summed E-state index contributed by atoms with van der Waals surface area (Å²) in [6.45, 7) is 2.21. The van der Waals surface area contributed by atoms with Crippen molar-refractivity contribution in [2.24, 2.45) is 0 Å². The second-order valence-electron chi connectivity index (χ2n) is 3.57. The molecule has 1 aromatic carbocycles. The molecule has 5 heteroatoms. The van der Waals surface area contributed by atoms with Gasteiger partial charge in [0.05, 0.1) is 6.54 Å². The number of benzene rings is 1. The van der Waals surface area contributed by atoms with Gasteiger partial charge in [0, 0.05) is 24.3 Å². The number of carbonyl (C=O) groups is 1. The van der Waals surface area contributed by atoms with Crippen molar-refractivity contribution in [1.29, 1.82) is 0 Å². The number of halogens is 1. The predicted octanol–water partition coefficient (Wildman–Crippen LogP) is 2.11. The SMILES string of the molecule is COC(CNC(=O)c1ccc(Br)cc1C)OC. The van der Waals surface area contributed by atoms with Gasteiger partial charge in [0.15, 0.2) is 6.29 Å². The zero-order valence-corrected chi connectivity index (χ0v) is 11.7. The van der Waals surface area contributed by atoms with E-state index in [1.807, 2.05) is 19.1 Å². The third-order valence-electron chi connectivity index (χ3n) is 2.39. The van der Waals surface area contributed by atoms with Crippen molar-refractivity contribution >= 4 is 21.8 Å². The molecule has 0 saturated carbocycles. The lowest BCUT2D eigenvalue weighted by Gasteiger charge is -2.14. The van der Waals surface area contributed by atoms with Crippen molar-refractivity contribution in [3.63, 3.8) is 0 Å². The van der Waals surface area contributed by atoms with Crippen LogP contribution in [-0.4, -0.2) is 33.0 Å². The van der Waals surface area contributed by atoms with E-state index in [2.05, 4.69) is 21.2 Å². The zero-order chi connectivity index (χ0) is 12.8. The van der Waals surface area contributed by atoms with Gasteiger partial charge in [-0.1, -0.05) is 15.9 Å². The molecule has 0 radical (unpaired) electrons. The lowest BCUT2D eigenvalue weighted by molar-refractivity contribution is -0.0974. The maximum Gasteiger partial charge on any atom is 0.251 e. The minimum Gasteiger partial charge on any atom is -0.354 e. The Labute approximate surface area is 109 Å². The fourth-order valence-corrected chi connectivity index (χ4v) is 1.89. The third kappa shape index (κ3) is 4.11. The van der Waals surface area contributed by atoms with Crippen LogP contribution in [0.4, 0.5) is 0 Å². The van der Waals surface area contributed by atoms with Crippen LogP contribution in [0.25, 0.3) is 0 Å². The Morgan fingerprint density at radius 1 is 1.41 bits per heavy atom. The molecule has 1 aromatic rings. The maximum atomic E-state index is 11.9. The number of hydrogen-bond acceptors (Lipinski definition) is 3. The summed E-state index contributed by atoms with van der Waals surface area (Å²) in [4.78, 5) is 11.9. The van der Waals surface area contributed by atoms with Gasteiger partial charge in [-0.3, -0.25) is 4.79 Å². The number of methoxy groups -OCH3 is 2. The molecule has 0 atom stereocenters. The first-order chi connectivity index (χ1) is 8.08. The van der Waals surface area contributed by atoms with Crippen LogP contribution in [0.3, 0.4) is 0 Å². The summed E-state index contributed by atoms with van der Waals surface area (Å²) >= 11 is 3.36. The van der Waals surface area contributed by atoms with E-state index >= 15 is 0 Å². The number of carbonyl (C=O) groups excluding carboxylic acids is 1. The molecule has 4 nitrogen and oxygen atoms in total. The second-order valence-corrected chi connectivity index (χ2v) is 4.49. The molecule has 0 aliphatic heterocycles. The van der Waals surface area contributed by atoms with Gasteiger partial charge in [-0.15, -0.1) is 0 Å². The Bertz CT molecular complexity index is 391. The molecule has 0 unspecified atom stereocenters. The number of nitrogens with one attached hydrogen (secondary N) is 1. The lowest BCUT2D eigenvalue weighted by atomic mass is 10.1. The number of ether oxygens (including phenoxy) is 2. The minimum absolute atomic E-state index is 0.130. The fourth-order valence-electron chi connectivity index (χ4n) is 1.42. The average Bonchev–Trinajstić information content (AvgIpc) is 2.30. The quantitative estimate of drug-likeness (QED) is 0.847. The zero-order valence-electron chi connectivity index (χ0n) is 10.1. The van der Waals surface area contributed by atoms with Crippen LogP contribution in [0, 0.1) is 6.92 Å². The largest absolute Gasteiger partial charge is 0.354 e. The number of hydrogen-bond donors (Lipinski definition) is 1. The smallest absolute Gasteiger partial charge is 0.251 e. The van der Waals surface area contributed by atoms with Crippen molar-refractivity contribution < 1.29 is 14.3 Å². The van der Waals surface area contributed by atoms with Crippen molar-refractivity contribution in [1.82, 2.24) is 5.32 Å². The summed E-state index contributed by atoms with van der Waals surface area (Å²) in [5, 5.41) is 2.76. The molecule has 0 spiro atoms.